The van der Waals surface area contributed by atoms with Crippen LogP contribution in [0.25, 0.3) is 11.0 Å². The summed E-state index contributed by atoms with van der Waals surface area (Å²) in [5.41, 5.74) is 1.91. The molecule has 2 aliphatic heterocycles. The minimum atomic E-state index is -1.36. The summed E-state index contributed by atoms with van der Waals surface area (Å²) >= 11 is 0. The Morgan fingerprint density at radius 2 is 1.71 bits per heavy atom. The third-order valence-electron chi connectivity index (χ3n) is 8.23. The van der Waals surface area contributed by atoms with E-state index >= 15 is 0 Å². The molecular formula is C34H38N6O5. The number of amidine groups is 1. The molecule has 11 nitrogen and oxygen atoms in total. The quantitative estimate of drug-likeness (QED) is 0.228. The molecule has 2 atom stereocenters. The molecule has 5 rings (SSSR count). The summed E-state index contributed by atoms with van der Waals surface area (Å²) in [6, 6.07) is 14.6. The molecule has 234 valence electrons. The number of nitrogens with zero attached hydrogens (tertiary/aromatic N) is 5. The van der Waals surface area contributed by atoms with Crippen molar-refractivity contribution in [3.05, 3.63) is 65.4 Å². The average Bonchev–Trinajstić information content (AvgIpc) is 3.67. The number of benzene rings is 2. The number of rotatable bonds is 8. The van der Waals surface area contributed by atoms with Gasteiger partial charge in [0.25, 0.3) is 5.91 Å². The largest absolute Gasteiger partial charge is 0.461 e. The number of likely N-dealkylation sites (tertiary alicyclic amines) is 2. The van der Waals surface area contributed by atoms with Gasteiger partial charge in [0.1, 0.15) is 23.2 Å². The van der Waals surface area contributed by atoms with Crippen LogP contribution in [0.5, 0.6) is 0 Å². The van der Waals surface area contributed by atoms with Gasteiger partial charge in [-0.05, 0) is 75.4 Å². The molecule has 2 aliphatic rings. The van der Waals surface area contributed by atoms with Gasteiger partial charge in [-0.3, -0.25) is 24.2 Å². The number of aryl methyl sites for hydroxylation is 1. The van der Waals surface area contributed by atoms with Crippen molar-refractivity contribution in [3.63, 3.8) is 0 Å². The summed E-state index contributed by atoms with van der Waals surface area (Å²) in [4.78, 5) is 62.4. The lowest BCUT2D eigenvalue weighted by atomic mass is 9.96. The number of aliphatic imine (C=N–C) groups is 1. The van der Waals surface area contributed by atoms with Gasteiger partial charge in [0.05, 0.1) is 12.6 Å². The summed E-state index contributed by atoms with van der Waals surface area (Å²) < 4.78 is 5.69. The highest BCUT2D eigenvalue weighted by Crippen LogP contribution is 2.25. The van der Waals surface area contributed by atoms with Gasteiger partial charge in [0, 0.05) is 55.9 Å². The van der Waals surface area contributed by atoms with E-state index in [4.69, 9.17) is 9.41 Å². The molecular weight excluding hydrogens is 572 g/mol. The fourth-order valence-electron chi connectivity index (χ4n) is 5.79. The zero-order chi connectivity index (χ0) is 32.1. The highest BCUT2D eigenvalue weighted by Gasteiger charge is 2.33. The highest BCUT2D eigenvalue weighted by atomic mass is 16.3. The Kier molecular flexibility index (Phi) is 9.62. The number of amides is 3. The van der Waals surface area contributed by atoms with Crippen LogP contribution < -0.4 is 5.32 Å². The van der Waals surface area contributed by atoms with Crippen LogP contribution in [-0.4, -0.2) is 90.4 Å². The van der Waals surface area contributed by atoms with Crippen LogP contribution in [0.4, 0.5) is 5.69 Å². The van der Waals surface area contributed by atoms with Crippen LogP contribution in [0.15, 0.2) is 57.9 Å². The number of Topliss-reactive ketones (excluding diaryl/α,β-unsaturated/α-hetero) is 1. The van der Waals surface area contributed by atoms with Crippen LogP contribution in [-0.2, 0) is 9.59 Å². The molecule has 2 saturated heterocycles. The topological polar surface area (TPSA) is 139 Å². The van der Waals surface area contributed by atoms with Crippen LogP contribution in [0.3, 0.4) is 0 Å². The van der Waals surface area contributed by atoms with Crippen molar-refractivity contribution in [1.82, 2.24) is 14.7 Å². The number of carbonyl (C=O) groups is 4. The molecule has 1 aromatic heterocycles. The molecule has 1 unspecified atom stereocenters. The first-order valence-corrected chi connectivity index (χ1v) is 15.3. The molecule has 0 bridgehead atoms. The first-order valence-electron chi connectivity index (χ1n) is 15.3. The molecule has 11 heteroatoms. The third-order valence-corrected chi connectivity index (χ3v) is 8.23. The Balaban J connectivity index is 1.47. The Morgan fingerprint density at radius 1 is 1.02 bits per heavy atom. The van der Waals surface area contributed by atoms with Crippen molar-refractivity contribution < 1.29 is 23.6 Å². The van der Waals surface area contributed by atoms with Crippen molar-refractivity contribution in [2.45, 2.75) is 45.1 Å². The number of anilines is 1. The summed E-state index contributed by atoms with van der Waals surface area (Å²) in [7, 11) is 3.28. The van der Waals surface area contributed by atoms with E-state index in [9.17, 15) is 24.4 Å². The van der Waals surface area contributed by atoms with Gasteiger partial charge in [-0.2, -0.15) is 5.26 Å². The second-order valence-electron chi connectivity index (χ2n) is 11.8. The number of ketones is 1. The average molecular weight is 611 g/mol. The van der Waals surface area contributed by atoms with Crippen LogP contribution >= 0.6 is 0 Å². The monoisotopic (exact) mass is 610 g/mol. The Labute approximate surface area is 262 Å². The normalized spacial score (nSPS) is 18.0. The van der Waals surface area contributed by atoms with Crippen LogP contribution in [0.2, 0.25) is 0 Å². The summed E-state index contributed by atoms with van der Waals surface area (Å²) in [6.07, 6.45) is 3.78. The van der Waals surface area contributed by atoms with E-state index in [0.29, 0.717) is 49.3 Å². The first kappa shape index (κ1) is 31.4. The fraction of sp³-hybridized carbons (Fsp3) is 0.412. The number of carbonyl (C=O) groups excluding carboxylic acids is 4. The molecule has 3 amide bonds. The van der Waals surface area contributed by atoms with Gasteiger partial charge in [0.15, 0.2) is 11.7 Å². The van der Waals surface area contributed by atoms with Gasteiger partial charge in [-0.1, -0.05) is 12.1 Å². The minimum Gasteiger partial charge on any atom is -0.461 e. The lowest BCUT2D eigenvalue weighted by Crippen LogP contribution is -2.45. The molecule has 3 heterocycles. The standard InChI is InChI=1S/C34H38N6O5/c1-22-18-25-19-26(13-14-29(25)45-22)36-32(27(20-35)31(42)23-9-11-24(12-10-23)33(43)38(2)3)37-28-8-4-5-17-40(34(28)44)21-30(41)39-15-6-7-16-39/h9-14,18-19,27-28H,4-8,15-17,21H2,1-3H3,(H,36,37)/t27?,28-/m0/s1. The van der Waals surface area contributed by atoms with Crippen molar-refractivity contribution >= 4 is 46.0 Å². The summed E-state index contributed by atoms with van der Waals surface area (Å²) in [6.45, 7) is 3.69. The predicted octanol–water partition coefficient (Wildman–Crippen LogP) is 4.28. The van der Waals surface area contributed by atoms with Gasteiger partial charge in [0.2, 0.25) is 11.8 Å². The van der Waals surface area contributed by atoms with Gasteiger partial charge in [-0.15, -0.1) is 0 Å². The maximum atomic E-state index is 13.8. The minimum absolute atomic E-state index is 0.0112. The van der Waals surface area contributed by atoms with Crippen molar-refractivity contribution in [1.29, 1.82) is 5.26 Å². The van der Waals surface area contributed by atoms with E-state index in [1.807, 2.05) is 19.1 Å². The Bertz CT molecular complexity index is 1660. The van der Waals surface area contributed by atoms with Crippen molar-refractivity contribution in [2.75, 3.05) is 45.6 Å². The van der Waals surface area contributed by atoms with Crippen molar-refractivity contribution in [2.24, 2.45) is 10.9 Å². The molecule has 0 aliphatic carbocycles. The highest BCUT2D eigenvalue weighted by molar-refractivity contribution is 6.18. The molecule has 0 saturated carbocycles. The third kappa shape index (κ3) is 7.23. The fourth-order valence-corrected chi connectivity index (χ4v) is 5.79. The molecule has 0 radical (unpaired) electrons. The lowest BCUT2D eigenvalue weighted by molar-refractivity contribution is -0.140. The first-order chi connectivity index (χ1) is 21.6. The number of hydrogen-bond donors (Lipinski definition) is 1. The lowest BCUT2D eigenvalue weighted by Gasteiger charge is -2.25. The molecule has 2 aromatic carbocycles. The Morgan fingerprint density at radius 3 is 2.40 bits per heavy atom. The SMILES string of the molecule is Cc1cc2cc(NC(=N[C@H]3CCCCN(CC(=O)N4CCCC4)C3=O)C(C#N)C(=O)c3ccc(C(=O)N(C)C)cc3)ccc2o1. The van der Waals surface area contributed by atoms with Crippen molar-refractivity contribution in [3.8, 4) is 6.07 Å². The number of hydrogen-bond acceptors (Lipinski definition) is 7. The maximum absolute atomic E-state index is 13.8. The van der Waals surface area contributed by atoms with E-state index < -0.39 is 17.7 Å². The maximum Gasteiger partial charge on any atom is 0.253 e. The van der Waals surface area contributed by atoms with Gasteiger partial charge >= 0.3 is 0 Å². The Hall–Kier alpha value is -4.98. The molecule has 45 heavy (non-hydrogen) atoms. The van der Waals surface area contributed by atoms with Crippen LogP contribution in [0.1, 0.15) is 58.6 Å². The zero-order valence-corrected chi connectivity index (χ0v) is 25.9. The van der Waals surface area contributed by atoms with Gasteiger partial charge in [-0.25, -0.2) is 0 Å². The predicted molar refractivity (Wildman–Crippen MR) is 170 cm³/mol. The molecule has 0 spiro atoms. The molecule has 3 aromatic rings. The second-order valence-corrected chi connectivity index (χ2v) is 11.8. The zero-order valence-electron chi connectivity index (χ0n) is 25.9. The number of fused-ring (bicyclic) bond motifs is 1. The second kappa shape index (κ2) is 13.8. The number of nitriles is 1. The van der Waals surface area contributed by atoms with E-state index in [-0.39, 0.29) is 35.7 Å². The molecule has 1 N–H and O–H groups in total. The summed E-state index contributed by atoms with van der Waals surface area (Å²) in [5.74, 6) is -1.68. The molecule has 2 fully saturated rings. The number of furan rings is 1. The number of nitrogens with one attached hydrogen (secondary N) is 1. The van der Waals surface area contributed by atoms with Crippen LogP contribution in [0, 0.1) is 24.2 Å². The van der Waals surface area contributed by atoms with E-state index in [1.165, 1.54) is 17.0 Å². The van der Waals surface area contributed by atoms with Gasteiger partial charge < -0.3 is 24.4 Å². The van der Waals surface area contributed by atoms with E-state index in [2.05, 4.69) is 11.4 Å². The smallest absolute Gasteiger partial charge is 0.253 e. The van der Waals surface area contributed by atoms with E-state index in [1.54, 1.807) is 48.2 Å². The summed E-state index contributed by atoms with van der Waals surface area (Å²) in [5, 5.41) is 14.3. The van der Waals surface area contributed by atoms with E-state index in [0.717, 1.165) is 30.4 Å².